The predicted molar refractivity (Wildman–Crippen MR) is 68.0 cm³/mol. The minimum atomic E-state index is -0.146. The molecule has 1 fully saturated rings. The largest absolute Gasteiger partial charge is 0.466 e. The highest BCUT2D eigenvalue weighted by Crippen LogP contribution is 2.20. The van der Waals surface area contributed by atoms with E-state index >= 15 is 0 Å². The Labute approximate surface area is 106 Å². The molecule has 0 aromatic carbocycles. The predicted octanol–water partition coefficient (Wildman–Crippen LogP) is -1.16. The van der Waals surface area contributed by atoms with Gasteiger partial charge in [-0.1, -0.05) is 0 Å². The lowest BCUT2D eigenvalue weighted by Gasteiger charge is -2.15. The summed E-state index contributed by atoms with van der Waals surface area (Å²) < 4.78 is 5.01. The lowest BCUT2D eigenvalue weighted by molar-refractivity contribution is -0.147. The number of anilines is 1. The van der Waals surface area contributed by atoms with E-state index in [0.29, 0.717) is 24.6 Å². The average molecular weight is 249 g/mol. The number of nitrogens with zero attached hydrogens (tertiary/aromatic N) is 3. The molecule has 7 heteroatoms. The molecule has 0 bridgehead atoms. The number of aromatic nitrogens is 2. The lowest BCUT2D eigenvalue weighted by Crippen LogP contribution is -2.26. The van der Waals surface area contributed by atoms with Crippen LogP contribution in [0.15, 0.2) is 12.4 Å². The Hall–Kier alpha value is -1.63. The summed E-state index contributed by atoms with van der Waals surface area (Å²) in [6, 6.07) is 0. The number of ether oxygens (including phenoxy) is 1. The highest BCUT2D eigenvalue weighted by atomic mass is 16.5. The third-order valence-electron chi connectivity index (χ3n) is 2.97. The molecule has 1 aliphatic heterocycles. The molecule has 0 radical (unpaired) electrons. The van der Waals surface area contributed by atoms with Crippen LogP contribution in [0, 0.1) is 5.92 Å². The van der Waals surface area contributed by atoms with Gasteiger partial charge in [0.1, 0.15) is 0 Å². The van der Waals surface area contributed by atoms with Crippen LogP contribution in [0.3, 0.4) is 0 Å². The summed E-state index contributed by atoms with van der Waals surface area (Å²) >= 11 is 0. The second-order valence-corrected chi connectivity index (χ2v) is 4.23. The molecule has 96 valence electrons. The SMILES string of the molecule is CCOC(=O)C1CCN(c2ncc(BO)cn2)C1. The first-order chi connectivity index (χ1) is 8.74. The normalized spacial score (nSPS) is 18.8. The van der Waals surface area contributed by atoms with Crippen LogP contribution in [-0.2, 0) is 9.53 Å². The van der Waals surface area contributed by atoms with Gasteiger partial charge in [0.15, 0.2) is 0 Å². The van der Waals surface area contributed by atoms with Crippen molar-refractivity contribution in [3.63, 3.8) is 0 Å². The monoisotopic (exact) mass is 249 g/mol. The van der Waals surface area contributed by atoms with Gasteiger partial charge in [0.2, 0.25) is 5.95 Å². The van der Waals surface area contributed by atoms with E-state index in [1.54, 1.807) is 19.3 Å². The van der Waals surface area contributed by atoms with E-state index in [1.807, 2.05) is 4.90 Å². The van der Waals surface area contributed by atoms with Crippen molar-refractivity contribution in [3.05, 3.63) is 12.4 Å². The number of carbonyl (C=O) groups is 1. The molecule has 1 N–H and O–H groups in total. The first-order valence-corrected chi connectivity index (χ1v) is 6.08. The van der Waals surface area contributed by atoms with Gasteiger partial charge in [-0.05, 0) is 18.8 Å². The summed E-state index contributed by atoms with van der Waals surface area (Å²) in [7, 11) is -0.0638. The van der Waals surface area contributed by atoms with E-state index in [4.69, 9.17) is 9.76 Å². The fourth-order valence-corrected chi connectivity index (χ4v) is 1.99. The molecule has 1 aromatic rings. The smallest absolute Gasteiger partial charge is 0.310 e. The van der Waals surface area contributed by atoms with Gasteiger partial charge in [0, 0.05) is 25.5 Å². The minimum absolute atomic E-state index is 0.0638. The van der Waals surface area contributed by atoms with Crippen molar-refractivity contribution < 1.29 is 14.6 Å². The molecule has 2 heterocycles. The van der Waals surface area contributed by atoms with Gasteiger partial charge in [-0.15, -0.1) is 0 Å². The van der Waals surface area contributed by atoms with Gasteiger partial charge in [-0.25, -0.2) is 9.97 Å². The second kappa shape index (κ2) is 5.81. The second-order valence-electron chi connectivity index (χ2n) is 4.23. The van der Waals surface area contributed by atoms with Gasteiger partial charge in [0.25, 0.3) is 0 Å². The molecule has 6 nitrogen and oxygen atoms in total. The first kappa shape index (κ1) is 12.8. The van der Waals surface area contributed by atoms with E-state index in [-0.39, 0.29) is 19.4 Å². The van der Waals surface area contributed by atoms with Gasteiger partial charge < -0.3 is 14.7 Å². The molecular formula is C11H16BN3O3. The topological polar surface area (TPSA) is 75.5 Å². The Morgan fingerprint density at radius 3 is 2.94 bits per heavy atom. The maximum atomic E-state index is 11.6. The van der Waals surface area contributed by atoms with E-state index in [9.17, 15) is 4.79 Å². The summed E-state index contributed by atoms with van der Waals surface area (Å²) in [6.45, 7) is 3.57. The zero-order valence-electron chi connectivity index (χ0n) is 10.4. The molecule has 0 amide bonds. The fraction of sp³-hybridized carbons (Fsp3) is 0.545. The van der Waals surface area contributed by atoms with Crippen molar-refractivity contribution in [2.45, 2.75) is 13.3 Å². The Balaban J connectivity index is 1.97. The van der Waals surface area contributed by atoms with E-state index in [0.717, 1.165) is 13.0 Å². The van der Waals surface area contributed by atoms with Crippen LogP contribution in [0.1, 0.15) is 13.3 Å². The number of hydrogen-bond acceptors (Lipinski definition) is 6. The first-order valence-electron chi connectivity index (χ1n) is 6.08. The zero-order valence-corrected chi connectivity index (χ0v) is 10.4. The molecular weight excluding hydrogens is 233 g/mol. The van der Waals surface area contributed by atoms with Crippen molar-refractivity contribution >= 4 is 24.9 Å². The molecule has 1 aromatic heterocycles. The Morgan fingerprint density at radius 2 is 2.33 bits per heavy atom. The van der Waals surface area contributed by atoms with Crippen LogP contribution in [0.5, 0.6) is 0 Å². The maximum absolute atomic E-state index is 11.6. The number of esters is 1. The summed E-state index contributed by atoms with van der Waals surface area (Å²) in [6.07, 6.45) is 3.96. The quantitative estimate of drug-likeness (QED) is 0.535. The Kier molecular flexibility index (Phi) is 4.14. The highest BCUT2D eigenvalue weighted by Gasteiger charge is 2.30. The molecule has 2 rings (SSSR count). The summed E-state index contributed by atoms with van der Waals surface area (Å²) in [4.78, 5) is 21.9. The molecule has 0 spiro atoms. The van der Waals surface area contributed by atoms with Gasteiger partial charge >= 0.3 is 13.5 Å². The highest BCUT2D eigenvalue weighted by molar-refractivity contribution is 6.45. The summed E-state index contributed by atoms with van der Waals surface area (Å²) in [5, 5.41) is 8.91. The van der Waals surface area contributed by atoms with Gasteiger partial charge in [-0.2, -0.15) is 0 Å². The lowest BCUT2D eigenvalue weighted by atomic mass is 9.92. The third kappa shape index (κ3) is 2.79. The number of rotatable bonds is 4. The van der Waals surface area contributed by atoms with Crippen LogP contribution >= 0.6 is 0 Å². The molecule has 1 aliphatic rings. The van der Waals surface area contributed by atoms with Crippen LogP contribution in [0.4, 0.5) is 5.95 Å². The summed E-state index contributed by atoms with van der Waals surface area (Å²) in [5.74, 6) is 0.358. The molecule has 1 atom stereocenters. The molecule has 1 unspecified atom stereocenters. The van der Waals surface area contributed by atoms with Crippen LogP contribution < -0.4 is 10.4 Å². The maximum Gasteiger partial charge on any atom is 0.310 e. The average Bonchev–Trinajstić information content (AvgIpc) is 2.89. The Bertz CT molecular complexity index is 412. The van der Waals surface area contributed by atoms with Crippen LogP contribution in [0.2, 0.25) is 0 Å². The van der Waals surface area contributed by atoms with Gasteiger partial charge in [-0.3, -0.25) is 4.79 Å². The third-order valence-corrected chi connectivity index (χ3v) is 2.97. The molecule has 1 saturated heterocycles. The van der Waals surface area contributed by atoms with E-state index in [2.05, 4.69) is 9.97 Å². The van der Waals surface area contributed by atoms with Crippen LogP contribution in [-0.4, -0.2) is 48.1 Å². The van der Waals surface area contributed by atoms with E-state index in [1.165, 1.54) is 0 Å². The molecule has 0 saturated carbocycles. The van der Waals surface area contributed by atoms with Crippen molar-refractivity contribution in [2.75, 3.05) is 24.6 Å². The van der Waals surface area contributed by atoms with Crippen LogP contribution in [0.25, 0.3) is 0 Å². The van der Waals surface area contributed by atoms with Gasteiger partial charge in [0.05, 0.1) is 12.5 Å². The molecule has 0 aliphatic carbocycles. The summed E-state index contributed by atoms with van der Waals surface area (Å²) in [5.41, 5.74) is 0.680. The standard InChI is InChI=1S/C11H16BN3O3/c1-2-18-10(16)8-3-4-15(7-8)11-13-5-9(12-17)6-14-11/h5-6,8,12,17H,2-4,7H2,1H3. The molecule has 18 heavy (non-hydrogen) atoms. The Morgan fingerprint density at radius 1 is 1.61 bits per heavy atom. The number of carbonyl (C=O) groups excluding carboxylic acids is 1. The van der Waals surface area contributed by atoms with Crippen molar-refractivity contribution in [2.24, 2.45) is 5.92 Å². The fourth-order valence-electron chi connectivity index (χ4n) is 1.99. The van der Waals surface area contributed by atoms with Crippen molar-refractivity contribution in [1.29, 1.82) is 0 Å². The number of hydrogen-bond donors (Lipinski definition) is 1. The van der Waals surface area contributed by atoms with Crippen molar-refractivity contribution in [3.8, 4) is 0 Å². The minimum Gasteiger partial charge on any atom is -0.466 e. The van der Waals surface area contributed by atoms with E-state index < -0.39 is 0 Å². The zero-order chi connectivity index (χ0) is 13.0. The van der Waals surface area contributed by atoms with Crippen molar-refractivity contribution in [1.82, 2.24) is 9.97 Å².